The second-order valence-electron chi connectivity index (χ2n) is 21.5. The first-order valence-corrected chi connectivity index (χ1v) is 25.7. The summed E-state index contributed by atoms with van der Waals surface area (Å²) in [6.07, 6.45) is 12.3. The maximum absolute atomic E-state index is 13.1. The molecule has 0 spiro atoms. The highest BCUT2D eigenvalue weighted by Gasteiger charge is 2.34. The average Bonchev–Trinajstić information content (AvgIpc) is 3.27. The number of phenolic OH excluding ortho intramolecular Hbond substituents is 3. The van der Waals surface area contributed by atoms with Crippen LogP contribution in [0.4, 0.5) is 0 Å². The van der Waals surface area contributed by atoms with Crippen molar-refractivity contribution in [1.29, 1.82) is 0 Å². The van der Waals surface area contributed by atoms with E-state index in [1.54, 1.807) is 64.1 Å². The lowest BCUT2D eigenvalue weighted by molar-refractivity contribution is -0.160. The summed E-state index contributed by atoms with van der Waals surface area (Å²) < 4.78 is 35.4. The van der Waals surface area contributed by atoms with Crippen molar-refractivity contribution >= 4 is 11.9 Å². The third kappa shape index (κ3) is 19.5. The highest BCUT2D eigenvalue weighted by Crippen LogP contribution is 2.39. The smallest absolute Gasteiger partial charge is 0.349 e. The summed E-state index contributed by atoms with van der Waals surface area (Å²) >= 11 is 0. The highest BCUT2D eigenvalue weighted by molar-refractivity contribution is 5.80. The van der Waals surface area contributed by atoms with Gasteiger partial charge in [0.2, 0.25) is 0 Å². The molecule has 4 aromatic rings. The zero-order valence-electron chi connectivity index (χ0n) is 44.7. The lowest BCUT2D eigenvalue weighted by Gasteiger charge is -2.26. The van der Waals surface area contributed by atoms with E-state index in [1.165, 1.54) is 31.0 Å². The predicted octanol–water partition coefficient (Wildman–Crippen LogP) is 13.2. The van der Waals surface area contributed by atoms with Crippen LogP contribution < -0.4 is 14.2 Å². The minimum absolute atomic E-state index is 0.000197. The first-order valence-electron chi connectivity index (χ1n) is 25.7. The number of nitrogens with zero attached hydrogens (tertiary/aromatic N) is 3. The summed E-state index contributed by atoms with van der Waals surface area (Å²) in [6.45, 7) is 25.0. The Hall–Kier alpha value is -5.63. The third-order valence-electron chi connectivity index (χ3n) is 11.7. The lowest BCUT2D eigenvalue weighted by Crippen LogP contribution is -2.39. The molecule has 1 heterocycles. The van der Waals surface area contributed by atoms with Crippen LogP contribution in [0.2, 0.25) is 0 Å². The van der Waals surface area contributed by atoms with E-state index in [0.717, 1.165) is 64.2 Å². The number of hydrogen-bond donors (Lipinski definition) is 3. The van der Waals surface area contributed by atoms with E-state index in [2.05, 4.69) is 46.5 Å². The second-order valence-corrected chi connectivity index (χ2v) is 21.5. The number of ether oxygens (including phenoxy) is 6. The molecule has 0 unspecified atom stereocenters. The van der Waals surface area contributed by atoms with Crippen molar-refractivity contribution < 1.29 is 53.3 Å². The number of carbonyl (C=O) groups is 2. The Labute approximate surface area is 423 Å². The van der Waals surface area contributed by atoms with E-state index in [0.29, 0.717) is 36.7 Å². The summed E-state index contributed by atoms with van der Waals surface area (Å²) in [6, 6.07) is 13.7. The molecule has 0 aliphatic heterocycles. The Kier molecular flexibility index (Phi) is 22.3. The van der Waals surface area contributed by atoms with Crippen LogP contribution in [0.3, 0.4) is 0 Å². The molecule has 0 bridgehead atoms. The summed E-state index contributed by atoms with van der Waals surface area (Å²) in [7, 11) is 0. The van der Waals surface area contributed by atoms with Gasteiger partial charge in [-0.3, -0.25) is 0 Å². The second kappa shape index (κ2) is 27.3. The molecular formula is C57H83N3O11. The number of unbranched alkanes of at least 4 members (excludes halogenated alkanes) is 6. The predicted molar refractivity (Wildman–Crippen MR) is 278 cm³/mol. The average molecular weight is 986 g/mol. The summed E-state index contributed by atoms with van der Waals surface area (Å²) in [5.41, 5.74) is -2.87. The fraction of sp³-hybridized carbons (Fsp3) is 0.596. The van der Waals surface area contributed by atoms with Gasteiger partial charge in [0, 0.05) is 24.8 Å². The number of esters is 2. The number of hydrogen-bond acceptors (Lipinski definition) is 14. The van der Waals surface area contributed by atoms with Gasteiger partial charge in [-0.05, 0) is 115 Å². The summed E-state index contributed by atoms with van der Waals surface area (Å²) in [5.74, 6) is 0.956. The van der Waals surface area contributed by atoms with Crippen molar-refractivity contribution in [1.82, 2.24) is 15.0 Å². The molecule has 14 nitrogen and oxygen atoms in total. The van der Waals surface area contributed by atoms with Gasteiger partial charge in [-0.25, -0.2) is 24.5 Å². The monoisotopic (exact) mass is 986 g/mol. The molecule has 14 heteroatoms. The minimum atomic E-state index is -1.36. The Bertz CT molecular complexity index is 2190. The Morgan fingerprint density at radius 1 is 0.465 bits per heavy atom. The molecular weight excluding hydrogens is 903 g/mol. The van der Waals surface area contributed by atoms with Crippen LogP contribution in [-0.4, -0.2) is 85.4 Å². The van der Waals surface area contributed by atoms with Crippen LogP contribution in [0.1, 0.15) is 160 Å². The molecule has 0 amide bonds. The number of aromatic hydroxyl groups is 3. The Morgan fingerprint density at radius 2 is 0.789 bits per heavy atom. The van der Waals surface area contributed by atoms with Crippen LogP contribution in [0.25, 0.3) is 34.2 Å². The first kappa shape index (κ1) is 57.9. The molecule has 0 radical (unpaired) electrons. The zero-order valence-corrected chi connectivity index (χ0v) is 44.7. The molecule has 0 atom stereocenters. The molecule has 0 saturated heterocycles. The number of phenols is 3. The van der Waals surface area contributed by atoms with Crippen molar-refractivity contribution in [2.75, 3.05) is 26.4 Å². The van der Waals surface area contributed by atoms with Gasteiger partial charge in [0.05, 0.1) is 36.5 Å². The standard InChI is InChI=1S/C57H83N3O11/c1-38(2)22-16-13-19-31-66-37-55(7,8)69-41-25-28-44(47(61)34-41)50-58-51(45-29-26-42(35-48(45)62)70-56(9,10)53(64)67-32-20-14-17-23-39(3)4)60-52(59-50)46-30-27-43(36-49(46)63)71-57(11,12)54(65)68-33-21-15-18-24-40(5)6/h25-30,34-36,38-40,61-63H,13-24,31-33,37H2,1-12H3. The van der Waals surface area contributed by atoms with Crippen molar-refractivity contribution in [3.8, 4) is 68.7 Å². The topological polar surface area (TPSA) is 189 Å². The van der Waals surface area contributed by atoms with Gasteiger partial charge in [0.25, 0.3) is 0 Å². The lowest BCUT2D eigenvalue weighted by atomic mass is 10.1. The number of rotatable bonds is 31. The van der Waals surface area contributed by atoms with Gasteiger partial charge in [-0.1, -0.05) is 99.3 Å². The van der Waals surface area contributed by atoms with E-state index >= 15 is 0 Å². The Balaban J connectivity index is 1.60. The van der Waals surface area contributed by atoms with Crippen LogP contribution in [0.5, 0.6) is 34.5 Å². The van der Waals surface area contributed by atoms with Crippen LogP contribution in [-0.2, 0) is 23.8 Å². The number of aromatic nitrogens is 3. The maximum atomic E-state index is 13.1. The van der Waals surface area contributed by atoms with E-state index in [4.69, 9.17) is 38.4 Å². The van der Waals surface area contributed by atoms with E-state index in [-0.39, 0.29) is 76.1 Å². The molecule has 392 valence electrons. The van der Waals surface area contributed by atoms with Gasteiger partial charge >= 0.3 is 11.9 Å². The van der Waals surface area contributed by atoms with Crippen molar-refractivity contribution in [2.45, 2.75) is 177 Å². The molecule has 4 rings (SSSR count). The van der Waals surface area contributed by atoms with Crippen molar-refractivity contribution in [2.24, 2.45) is 17.8 Å². The summed E-state index contributed by atoms with van der Waals surface area (Å²) in [4.78, 5) is 40.2. The van der Waals surface area contributed by atoms with Crippen LogP contribution >= 0.6 is 0 Å². The minimum Gasteiger partial charge on any atom is -0.507 e. The summed E-state index contributed by atoms with van der Waals surface area (Å²) in [5, 5.41) is 34.5. The van der Waals surface area contributed by atoms with Crippen molar-refractivity contribution in [3.05, 3.63) is 54.6 Å². The van der Waals surface area contributed by atoms with E-state index in [9.17, 15) is 24.9 Å². The fourth-order valence-corrected chi connectivity index (χ4v) is 7.64. The first-order chi connectivity index (χ1) is 33.5. The molecule has 0 aliphatic carbocycles. The Morgan fingerprint density at radius 3 is 1.11 bits per heavy atom. The zero-order chi connectivity index (χ0) is 52.4. The van der Waals surface area contributed by atoms with Crippen LogP contribution in [0.15, 0.2) is 54.6 Å². The molecule has 1 aromatic heterocycles. The molecule has 0 saturated carbocycles. The SMILES string of the molecule is CC(C)CCCCCOCC(C)(C)Oc1ccc(-c2nc(-c3ccc(OC(C)(C)C(=O)OCCCCCC(C)C)cc3O)nc(-c3ccc(OC(C)(C)C(=O)OCCCCCC(C)C)cc3O)n2)c(O)c1. The quantitative estimate of drug-likeness (QED) is 0.0319. The molecule has 71 heavy (non-hydrogen) atoms. The van der Waals surface area contributed by atoms with Gasteiger partial charge in [-0.2, -0.15) is 0 Å². The van der Waals surface area contributed by atoms with Crippen molar-refractivity contribution in [3.63, 3.8) is 0 Å². The van der Waals surface area contributed by atoms with Gasteiger partial charge in [0.15, 0.2) is 28.7 Å². The van der Waals surface area contributed by atoms with E-state index in [1.807, 2.05) is 13.8 Å². The van der Waals surface area contributed by atoms with Crippen LogP contribution in [0, 0.1) is 17.8 Å². The van der Waals surface area contributed by atoms with E-state index < -0.39 is 28.7 Å². The molecule has 0 fully saturated rings. The van der Waals surface area contributed by atoms with Gasteiger partial charge in [-0.15, -0.1) is 0 Å². The third-order valence-corrected chi connectivity index (χ3v) is 11.7. The maximum Gasteiger partial charge on any atom is 0.349 e. The molecule has 3 N–H and O–H groups in total. The fourth-order valence-electron chi connectivity index (χ4n) is 7.64. The normalized spacial score (nSPS) is 12.2. The van der Waals surface area contributed by atoms with Gasteiger partial charge < -0.3 is 43.7 Å². The van der Waals surface area contributed by atoms with Gasteiger partial charge in [0.1, 0.15) is 40.1 Å². The largest absolute Gasteiger partial charge is 0.507 e. The molecule has 0 aliphatic rings. The highest BCUT2D eigenvalue weighted by atomic mass is 16.6. The number of benzene rings is 3. The number of carbonyl (C=O) groups excluding carboxylic acids is 2. The molecule has 3 aromatic carbocycles.